The second-order valence-corrected chi connectivity index (χ2v) is 8.27. The van der Waals surface area contributed by atoms with Crippen molar-refractivity contribution in [2.75, 3.05) is 17.3 Å². The molecule has 0 fully saturated rings. The lowest BCUT2D eigenvalue weighted by molar-refractivity contribution is 0.0589. The number of carbonyl (C=O) groups excluding carboxylic acids is 1. The number of anilines is 2. The molecule has 0 aromatic carbocycles. The quantitative estimate of drug-likeness (QED) is 0.407. The van der Waals surface area contributed by atoms with Crippen LogP contribution < -0.4 is 20.7 Å². The largest absolute Gasteiger partial charge is 0.489 e. The fourth-order valence-electron chi connectivity index (χ4n) is 2.36. The van der Waals surface area contributed by atoms with Crippen LogP contribution in [0.5, 0.6) is 5.75 Å². The molecular formula is C21H28N6O3S. The van der Waals surface area contributed by atoms with Gasteiger partial charge in [0.2, 0.25) is 0 Å². The van der Waals surface area contributed by atoms with E-state index in [2.05, 4.69) is 20.3 Å². The Morgan fingerprint density at radius 3 is 2.55 bits per heavy atom. The van der Waals surface area contributed by atoms with Gasteiger partial charge < -0.3 is 20.5 Å². The zero-order valence-corrected chi connectivity index (χ0v) is 19.4. The van der Waals surface area contributed by atoms with E-state index in [4.69, 9.17) is 27.4 Å². The third kappa shape index (κ3) is 7.49. The number of nitrogens with zero attached hydrogens (tertiary/aromatic N) is 4. The molecule has 0 radical (unpaired) electrons. The van der Waals surface area contributed by atoms with E-state index in [0.717, 1.165) is 0 Å². The number of aromatic nitrogens is 2. The Morgan fingerprint density at radius 2 is 1.97 bits per heavy atom. The summed E-state index contributed by atoms with van der Waals surface area (Å²) in [5.41, 5.74) is 6.33. The minimum atomic E-state index is -0.627. The molecule has 0 aliphatic heterocycles. The Morgan fingerprint density at radius 1 is 1.26 bits per heavy atom. The molecule has 2 aromatic rings. The van der Waals surface area contributed by atoms with Crippen molar-refractivity contribution < 1.29 is 14.3 Å². The predicted molar refractivity (Wildman–Crippen MR) is 126 cm³/mol. The van der Waals surface area contributed by atoms with Crippen molar-refractivity contribution >= 4 is 40.8 Å². The molecule has 2 aromatic heterocycles. The van der Waals surface area contributed by atoms with Crippen LogP contribution in [0.1, 0.15) is 40.3 Å². The van der Waals surface area contributed by atoms with Crippen LogP contribution in [0.15, 0.2) is 41.7 Å². The molecule has 2 rings (SSSR count). The van der Waals surface area contributed by atoms with E-state index in [1.165, 1.54) is 4.90 Å². The van der Waals surface area contributed by atoms with Crippen molar-refractivity contribution in [2.45, 2.75) is 46.3 Å². The Hall–Kier alpha value is -3.27. The second-order valence-electron chi connectivity index (χ2n) is 7.88. The Bertz CT molecular complexity index is 954. The fraction of sp³-hybridized carbons (Fsp3) is 0.381. The predicted octanol–water partition coefficient (Wildman–Crippen LogP) is 3.74. The topological polar surface area (TPSA) is 115 Å². The number of carbonyl (C=O) groups is 1. The van der Waals surface area contributed by atoms with E-state index in [-0.39, 0.29) is 17.1 Å². The summed E-state index contributed by atoms with van der Waals surface area (Å²) in [6, 6.07) is 6.87. The lowest BCUT2D eigenvalue weighted by atomic mass is 10.2. The van der Waals surface area contributed by atoms with Gasteiger partial charge in [-0.1, -0.05) is 0 Å². The van der Waals surface area contributed by atoms with Gasteiger partial charge in [-0.15, -0.1) is 0 Å². The Kier molecular flexibility index (Phi) is 7.87. The standard InChI is InChI=1S/C21H28N6O3S/c1-13(2)29-14-9-10-15(24-12-14)17(22)25-19(31)26-18-16(8-7-11-23-18)27(6)20(28)30-21(3,4)5/h7-13H,1-6H3,(H3,22,23,25,26,31). The highest BCUT2D eigenvalue weighted by atomic mass is 32.1. The molecule has 0 saturated heterocycles. The number of aliphatic imine (C=N–C) groups is 1. The van der Waals surface area contributed by atoms with Gasteiger partial charge in [0.25, 0.3) is 0 Å². The van der Waals surface area contributed by atoms with Gasteiger partial charge in [-0.2, -0.15) is 0 Å². The monoisotopic (exact) mass is 444 g/mol. The molecule has 9 nitrogen and oxygen atoms in total. The van der Waals surface area contributed by atoms with E-state index in [0.29, 0.717) is 22.9 Å². The van der Waals surface area contributed by atoms with Gasteiger partial charge in [-0.3, -0.25) is 4.90 Å². The number of amidine groups is 1. The van der Waals surface area contributed by atoms with Crippen LogP contribution in [-0.2, 0) is 4.74 Å². The molecule has 0 aliphatic carbocycles. The number of amides is 1. The van der Waals surface area contributed by atoms with Crippen molar-refractivity contribution in [3.05, 3.63) is 42.4 Å². The highest BCUT2D eigenvalue weighted by Gasteiger charge is 2.22. The normalized spacial score (nSPS) is 11.8. The molecule has 0 saturated carbocycles. The zero-order valence-electron chi connectivity index (χ0n) is 18.5. The lowest BCUT2D eigenvalue weighted by Crippen LogP contribution is -2.34. The third-order valence-electron chi connectivity index (χ3n) is 3.63. The summed E-state index contributed by atoms with van der Waals surface area (Å²) in [6.07, 6.45) is 2.66. The van der Waals surface area contributed by atoms with Gasteiger partial charge in [-0.25, -0.2) is 19.8 Å². The Labute approximate surface area is 187 Å². The first-order valence-corrected chi connectivity index (χ1v) is 10.1. The summed E-state index contributed by atoms with van der Waals surface area (Å²) >= 11 is 5.29. The molecule has 0 atom stereocenters. The molecule has 3 N–H and O–H groups in total. The average molecular weight is 445 g/mol. The van der Waals surface area contributed by atoms with Gasteiger partial charge in [-0.05, 0) is 71.1 Å². The summed E-state index contributed by atoms with van der Waals surface area (Å²) in [6.45, 7) is 9.25. The third-order valence-corrected chi connectivity index (χ3v) is 3.83. The van der Waals surface area contributed by atoms with Crippen LogP contribution in [0.2, 0.25) is 0 Å². The number of ether oxygens (including phenoxy) is 2. The van der Waals surface area contributed by atoms with Crippen LogP contribution in [0.4, 0.5) is 16.3 Å². The van der Waals surface area contributed by atoms with Crippen LogP contribution in [0.3, 0.4) is 0 Å². The highest BCUT2D eigenvalue weighted by Crippen LogP contribution is 2.24. The van der Waals surface area contributed by atoms with Crippen molar-refractivity contribution in [1.29, 1.82) is 0 Å². The number of nitrogens with two attached hydrogens (primary N) is 1. The average Bonchev–Trinajstić information content (AvgIpc) is 2.66. The summed E-state index contributed by atoms with van der Waals surface area (Å²) in [5, 5.41) is 2.97. The number of rotatable bonds is 5. The maximum absolute atomic E-state index is 12.4. The summed E-state index contributed by atoms with van der Waals surface area (Å²) in [5.74, 6) is 1.10. The summed E-state index contributed by atoms with van der Waals surface area (Å²) in [7, 11) is 1.58. The van der Waals surface area contributed by atoms with Crippen LogP contribution >= 0.6 is 12.2 Å². The molecule has 0 bridgehead atoms. The van der Waals surface area contributed by atoms with Gasteiger partial charge in [0.15, 0.2) is 16.8 Å². The second kappa shape index (κ2) is 10.2. The molecule has 31 heavy (non-hydrogen) atoms. The van der Waals surface area contributed by atoms with Crippen LogP contribution in [0.25, 0.3) is 0 Å². The molecule has 1 amide bonds. The van der Waals surface area contributed by atoms with E-state index in [1.54, 1.807) is 64.5 Å². The number of hydrogen-bond acceptors (Lipinski definition) is 6. The first kappa shape index (κ1) is 24.0. The van der Waals surface area contributed by atoms with Gasteiger partial charge in [0.1, 0.15) is 17.0 Å². The van der Waals surface area contributed by atoms with Crippen molar-refractivity contribution in [3.63, 3.8) is 0 Å². The van der Waals surface area contributed by atoms with Gasteiger partial charge in [0.05, 0.1) is 18.0 Å². The fourth-order valence-corrected chi connectivity index (χ4v) is 2.56. The number of hydrogen-bond donors (Lipinski definition) is 2. The van der Waals surface area contributed by atoms with Crippen LogP contribution in [0, 0.1) is 0 Å². The SMILES string of the molecule is CC(C)Oc1ccc(/C(N)=N/C(=S)Nc2ncccc2N(C)C(=O)OC(C)(C)C)nc1. The van der Waals surface area contributed by atoms with Gasteiger partial charge in [0, 0.05) is 13.2 Å². The molecular weight excluding hydrogens is 416 g/mol. The minimum absolute atomic E-state index is 0.0434. The zero-order chi connectivity index (χ0) is 23.2. The molecule has 0 aliphatic rings. The maximum Gasteiger partial charge on any atom is 0.414 e. The molecule has 10 heteroatoms. The molecule has 0 spiro atoms. The Balaban J connectivity index is 2.14. The van der Waals surface area contributed by atoms with Crippen LogP contribution in [-0.4, -0.2) is 45.8 Å². The van der Waals surface area contributed by atoms with E-state index < -0.39 is 11.7 Å². The smallest absolute Gasteiger partial charge is 0.414 e. The molecule has 166 valence electrons. The molecule has 0 unspecified atom stereocenters. The number of pyridine rings is 2. The molecule has 2 heterocycles. The van der Waals surface area contributed by atoms with Crippen molar-refractivity contribution in [2.24, 2.45) is 10.7 Å². The first-order chi connectivity index (χ1) is 14.5. The lowest BCUT2D eigenvalue weighted by Gasteiger charge is -2.25. The summed E-state index contributed by atoms with van der Waals surface area (Å²) in [4.78, 5) is 26.4. The van der Waals surface area contributed by atoms with E-state index in [9.17, 15) is 4.79 Å². The highest BCUT2D eigenvalue weighted by molar-refractivity contribution is 7.80. The van der Waals surface area contributed by atoms with Crippen molar-refractivity contribution in [1.82, 2.24) is 9.97 Å². The van der Waals surface area contributed by atoms with Crippen molar-refractivity contribution in [3.8, 4) is 5.75 Å². The number of nitrogens with one attached hydrogen (secondary N) is 1. The summed E-state index contributed by atoms with van der Waals surface area (Å²) < 4.78 is 11.0. The maximum atomic E-state index is 12.4. The number of thiocarbonyl (C=S) groups is 1. The van der Waals surface area contributed by atoms with E-state index in [1.807, 2.05) is 13.8 Å². The van der Waals surface area contributed by atoms with E-state index >= 15 is 0 Å². The first-order valence-electron chi connectivity index (χ1n) is 9.66. The van der Waals surface area contributed by atoms with Gasteiger partial charge >= 0.3 is 6.09 Å². The minimum Gasteiger partial charge on any atom is -0.489 e.